The smallest absolute Gasteiger partial charge is 1.00 e. The average molecular weight is 248 g/mol. The first-order chi connectivity index (χ1) is 2.56. The Morgan fingerprint density at radius 1 is 1.57 bits per heavy atom. The predicted molar refractivity (Wildman–Crippen MR) is 16.9 cm³/mol. The number of hydrogen-bond acceptors (Lipinski definition) is 3. The summed E-state index contributed by atoms with van der Waals surface area (Å²) in [5, 5.41) is 7.14. The van der Waals surface area contributed by atoms with Crippen LogP contribution in [0.5, 0.6) is 0 Å². The zero-order valence-corrected chi connectivity index (χ0v) is 10.8. The largest absolute Gasteiger partial charge is 1.00 e. The first-order valence-corrected chi connectivity index (χ1v) is 2.48. The Bertz CT molecular complexity index is 76.5. The summed E-state index contributed by atoms with van der Waals surface area (Å²) in [6.07, 6.45) is 0. The van der Waals surface area contributed by atoms with Crippen molar-refractivity contribution >= 4 is 7.82 Å². The Balaban J connectivity index is -0.000000125. The fraction of sp³-hybridized carbons (Fsp3) is 0. The van der Waals surface area contributed by atoms with E-state index in [2.05, 4.69) is 4.67 Å². The molecule has 0 aromatic rings. The molecule has 0 bridgehead atoms. The summed E-state index contributed by atoms with van der Waals surface area (Å²) in [5.41, 5.74) is 0. The molecule has 0 aliphatic heterocycles. The van der Waals surface area contributed by atoms with E-state index in [1.807, 2.05) is 0 Å². The van der Waals surface area contributed by atoms with Crippen LogP contribution in [0.3, 0.4) is 0 Å². The SMILES string of the molecule is O=P(O)(O)OO.[Cs+].[H-]. The van der Waals surface area contributed by atoms with Crippen molar-refractivity contribution in [3.05, 3.63) is 0 Å². The van der Waals surface area contributed by atoms with Crippen molar-refractivity contribution in [3.63, 3.8) is 0 Å². The van der Waals surface area contributed by atoms with Gasteiger partial charge in [0.25, 0.3) is 0 Å². The van der Waals surface area contributed by atoms with Crippen molar-refractivity contribution < 1.29 is 94.6 Å². The number of hydrogen-bond donors (Lipinski definition) is 3. The third kappa shape index (κ3) is 11.6. The molecule has 0 unspecified atom stereocenters. The van der Waals surface area contributed by atoms with Crippen molar-refractivity contribution in [3.8, 4) is 0 Å². The van der Waals surface area contributed by atoms with Gasteiger partial charge in [-0.25, -0.2) is 9.82 Å². The van der Waals surface area contributed by atoms with E-state index < -0.39 is 7.82 Å². The van der Waals surface area contributed by atoms with E-state index in [0.29, 0.717) is 0 Å². The topological polar surface area (TPSA) is 87.0 Å². The molecule has 0 fully saturated rings. The predicted octanol–water partition coefficient (Wildman–Crippen LogP) is -3.31. The molecule has 0 aromatic heterocycles. The fourth-order valence-corrected chi connectivity index (χ4v) is 0. The van der Waals surface area contributed by atoms with Gasteiger partial charge in [0.15, 0.2) is 0 Å². The summed E-state index contributed by atoms with van der Waals surface area (Å²) in [6.45, 7) is 0. The van der Waals surface area contributed by atoms with Crippen LogP contribution in [-0.2, 0) is 9.24 Å². The molecule has 0 aliphatic rings. The Morgan fingerprint density at radius 2 is 1.71 bits per heavy atom. The Hall–Kier alpha value is 2.12. The van der Waals surface area contributed by atoms with Crippen LogP contribution in [0.25, 0.3) is 0 Å². The van der Waals surface area contributed by atoms with Crippen molar-refractivity contribution in [2.45, 2.75) is 0 Å². The van der Waals surface area contributed by atoms with E-state index in [4.69, 9.17) is 15.0 Å². The van der Waals surface area contributed by atoms with Gasteiger partial charge in [-0.3, -0.25) is 0 Å². The van der Waals surface area contributed by atoms with E-state index in [0.717, 1.165) is 0 Å². The molecule has 7 heavy (non-hydrogen) atoms. The molecule has 0 aliphatic carbocycles. The van der Waals surface area contributed by atoms with Gasteiger partial charge in [0.05, 0.1) is 0 Å². The summed E-state index contributed by atoms with van der Waals surface area (Å²) >= 11 is 0. The summed E-state index contributed by atoms with van der Waals surface area (Å²) in [6, 6.07) is 0. The van der Waals surface area contributed by atoms with Gasteiger partial charge in [-0.2, -0.15) is 0 Å². The molecule has 0 saturated heterocycles. The van der Waals surface area contributed by atoms with Crippen LogP contribution >= 0.6 is 7.82 Å². The van der Waals surface area contributed by atoms with Gasteiger partial charge in [-0.1, -0.05) is 0 Å². The first kappa shape index (κ1) is 11.9. The molecule has 0 heterocycles. The molecule has 40 valence electrons. The minimum atomic E-state index is -4.59. The maximum absolute atomic E-state index is 9.22. The van der Waals surface area contributed by atoms with Crippen molar-refractivity contribution in [2.75, 3.05) is 0 Å². The molecule has 0 spiro atoms. The van der Waals surface area contributed by atoms with Gasteiger partial charge in [-0.05, 0) is 0 Å². The van der Waals surface area contributed by atoms with Crippen LogP contribution in [0.2, 0.25) is 0 Å². The van der Waals surface area contributed by atoms with Crippen molar-refractivity contribution in [1.29, 1.82) is 0 Å². The summed E-state index contributed by atoms with van der Waals surface area (Å²) < 4.78 is 11.8. The molecular formula is H4CsO5P. The Kier molecular flexibility index (Phi) is 8.39. The van der Waals surface area contributed by atoms with Crippen molar-refractivity contribution in [2.24, 2.45) is 0 Å². The van der Waals surface area contributed by atoms with E-state index in [-0.39, 0.29) is 70.3 Å². The zero-order valence-electron chi connectivity index (χ0n) is 4.61. The van der Waals surface area contributed by atoms with Crippen LogP contribution in [0, 0.1) is 0 Å². The maximum Gasteiger partial charge on any atom is 1.00 e. The van der Waals surface area contributed by atoms with Crippen LogP contribution < -0.4 is 68.9 Å². The van der Waals surface area contributed by atoms with Gasteiger partial charge in [0, 0.05) is 0 Å². The van der Waals surface area contributed by atoms with Gasteiger partial charge >= 0.3 is 76.7 Å². The minimum Gasteiger partial charge on any atom is -1.00 e. The second kappa shape index (κ2) is 4.95. The Morgan fingerprint density at radius 3 is 1.71 bits per heavy atom. The number of phosphoric acid groups is 1. The molecule has 0 radical (unpaired) electrons. The van der Waals surface area contributed by atoms with E-state index >= 15 is 0 Å². The molecule has 0 rings (SSSR count). The third-order valence-corrected chi connectivity index (χ3v) is 0.319. The Labute approximate surface area is 100 Å². The molecule has 7 heteroatoms. The van der Waals surface area contributed by atoms with Crippen LogP contribution in [0.15, 0.2) is 0 Å². The first-order valence-electron chi connectivity index (χ1n) is 0.948. The van der Waals surface area contributed by atoms with Gasteiger partial charge in [-0.15, -0.1) is 4.67 Å². The second-order valence-electron chi connectivity index (χ2n) is 0.572. The molecule has 0 amide bonds. The second-order valence-corrected chi connectivity index (χ2v) is 1.72. The normalized spacial score (nSPS) is 10.1. The molecule has 5 nitrogen and oxygen atoms in total. The number of rotatable bonds is 1. The summed E-state index contributed by atoms with van der Waals surface area (Å²) in [7, 11) is -4.59. The molecule has 0 saturated carbocycles. The average Bonchev–Trinajstić information content (AvgIpc) is 1.35. The summed E-state index contributed by atoms with van der Waals surface area (Å²) in [4.78, 5) is 14.9. The van der Waals surface area contributed by atoms with Gasteiger partial charge in [0.1, 0.15) is 0 Å². The standard InChI is InChI=1S/Cs.H3O5P.H/c;1-5-6(2,3)4;/h;1H,(H2,2,3,4);/q+1;;-1. The van der Waals surface area contributed by atoms with Gasteiger partial charge < -0.3 is 11.2 Å². The quantitative estimate of drug-likeness (QED) is 0.257. The molecule has 3 N–H and O–H groups in total. The van der Waals surface area contributed by atoms with Gasteiger partial charge in [0.2, 0.25) is 0 Å². The summed E-state index contributed by atoms with van der Waals surface area (Å²) in [5.74, 6) is 0. The molecule has 0 aromatic carbocycles. The van der Waals surface area contributed by atoms with Crippen LogP contribution in [0.4, 0.5) is 0 Å². The van der Waals surface area contributed by atoms with Crippen molar-refractivity contribution in [1.82, 2.24) is 0 Å². The van der Waals surface area contributed by atoms with E-state index in [1.54, 1.807) is 0 Å². The monoisotopic (exact) mass is 248 g/mol. The van der Waals surface area contributed by atoms with E-state index in [9.17, 15) is 4.57 Å². The van der Waals surface area contributed by atoms with E-state index in [1.165, 1.54) is 0 Å². The minimum absolute atomic E-state index is 0. The fourth-order valence-electron chi connectivity index (χ4n) is 0. The molecule has 0 atom stereocenters. The molecular weight excluding hydrogens is 244 g/mol. The third-order valence-electron chi connectivity index (χ3n) is 0.106. The maximum atomic E-state index is 9.22. The zero-order chi connectivity index (χ0) is 5.21. The van der Waals surface area contributed by atoms with Crippen LogP contribution in [-0.4, -0.2) is 15.0 Å². The van der Waals surface area contributed by atoms with Crippen LogP contribution in [0.1, 0.15) is 1.43 Å².